The Bertz CT molecular complexity index is 1330. The van der Waals surface area contributed by atoms with Crippen LogP contribution in [0.1, 0.15) is 56.0 Å². The Labute approximate surface area is 219 Å². The van der Waals surface area contributed by atoms with E-state index in [1.807, 2.05) is 18.2 Å². The molecule has 1 aliphatic rings. The Morgan fingerprint density at radius 2 is 1.84 bits per heavy atom. The molecule has 2 N–H and O–H groups in total. The van der Waals surface area contributed by atoms with Crippen molar-refractivity contribution in [2.45, 2.75) is 57.0 Å². The second-order valence-corrected chi connectivity index (χ2v) is 11.7. The number of carbonyl (C=O) groups excluding carboxylic acids is 1. The van der Waals surface area contributed by atoms with E-state index in [0.29, 0.717) is 24.1 Å². The Morgan fingerprint density at radius 1 is 1.05 bits per heavy atom. The van der Waals surface area contributed by atoms with E-state index >= 15 is 0 Å². The van der Waals surface area contributed by atoms with Crippen molar-refractivity contribution in [3.63, 3.8) is 0 Å². The first-order valence-corrected chi connectivity index (χ1v) is 14.2. The van der Waals surface area contributed by atoms with E-state index < -0.39 is 15.9 Å². The highest BCUT2D eigenvalue weighted by Gasteiger charge is 2.40. The standard InChI is InChI=1S/C28H35N5O3S/c1-21-17-20-33(28(21,2)3)26-23(14-10-19-30-26)27(34)32-37(35,36)25-16-9-15-24(31-25)29-18-8-7-13-22-11-5-4-6-12-22/h4-6,9-12,14-16,19,21H,7-8,13,17-18,20H2,1-3H3,(H,29,31)(H,32,34). The van der Waals surface area contributed by atoms with Gasteiger partial charge in [0.25, 0.3) is 15.9 Å². The summed E-state index contributed by atoms with van der Waals surface area (Å²) in [6.45, 7) is 7.81. The van der Waals surface area contributed by atoms with Crippen LogP contribution in [0.5, 0.6) is 0 Å². The molecular formula is C28H35N5O3S. The van der Waals surface area contributed by atoms with E-state index in [4.69, 9.17) is 0 Å². The van der Waals surface area contributed by atoms with Gasteiger partial charge in [-0.05, 0) is 75.3 Å². The third-order valence-corrected chi connectivity index (χ3v) is 8.47. The number of hydrogen-bond donors (Lipinski definition) is 2. The summed E-state index contributed by atoms with van der Waals surface area (Å²) in [6, 6.07) is 18.2. The van der Waals surface area contributed by atoms with Crippen molar-refractivity contribution in [1.82, 2.24) is 14.7 Å². The van der Waals surface area contributed by atoms with Gasteiger partial charge < -0.3 is 10.2 Å². The van der Waals surface area contributed by atoms with Crippen molar-refractivity contribution in [3.8, 4) is 0 Å². The molecule has 1 fully saturated rings. The first kappa shape index (κ1) is 26.6. The fourth-order valence-corrected chi connectivity index (χ4v) is 5.54. The van der Waals surface area contributed by atoms with Gasteiger partial charge in [-0.15, -0.1) is 0 Å². The minimum absolute atomic E-state index is 0.203. The van der Waals surface area contributed by atoms with E-state index in [1.54, 1.807) is 30.5 Å². The number of nitrogens with one attached hydrogen (secondary N) is 2. The number of pyridine rings is 2. The van der Waals surface area contributed by atoms with Gasteiger partial charge in [-0.2, -0.15) is 8.42 Å². The molecule has 3 aromatic rings. The molecular weight excluding hydrogens is 486 g/mol. The average Bonchev–Trinajstić information content (AvgIpc) is 3.16. The zero-order chi connectivity index (χ0) is 26.5. The van der Waals surface area contributed by atoms with Gasteiger partial charge in [0, 0.05) is 24.8 Å². The molecule has 3 heterocycles. The molecule has 0 aliphatic carbocycles. The minimum atomic E-state index is -4.18. The van der Waals surface area contributed by atoms with Crippen LogP contribution in [0.3, 0.4) is 0 Å². The number of anilines is 2. The quantitative estimate of drug-likeness (QED) is 0.374. The molecule has 1 amide bonds. The summed E-state index contributed by atoms with van der Waals surface area (Å²) in [5.74, 6) is 0.625. The van der Waals surface area contributed by atoms with Crippen LogP contribution in [-0.2, 0) is 16.4 Å². The van der Waals surface area contributed by atoms with E-state index in [0.717, 1.165) is 32.2 Å². The van der Waals surface area contributed by atoms with Crippen LogP contribution < -0.4 is 14.9 Å². The lowest BCUT2D eigenvalue weighted by molar-refractivity contribution is 0.0981. The van der Waals surface area contributed by atoms with Crippen molar-refractivity contribution >= 4 is 27.6 Å². The number of carbonyl (C=O) groups is 1. The Kier molecular flexibility index (Phi) is 8.12. The molecule has 196 valence electrons. The predicted octanol–water partition coefficient (Wildman–Crippen LogP) is 4.65. The Morgan fingerprint density at radius 3 is 2.57 bits per heavy atom. The maximum atomic E-state index is 13.1. The maximum Gasteiger partial charge on any atom is 0.281 e. The second kappa shape index (κ2) is 11.3. The fourth-order valence-electron chi connectivity index (χ4n) is 4.61. The molecule has 0 saturated carbocycles. The number of amides is 1. The first-order valence-electron chi connectivity index (χ1n) is 12.7. The summed E-state index contributed by atoms with van der Waals surface area (Å²) in [5.41, 5.74) is 1.32. The number of aryl methyl sites for hydroxylation is 1. The summed E-state index contributed by atoms with van der Waals surface area (Å²) in [6.07, 6.45) is 5.50. The van der Waals surface area contributed by atoms with Crippen molar-refractivity contribution in [1.29, 1.82) is 0 Å². The number of unbranched alkanes of at least 4 members (excludes halogenated alkanes) is 1. The highest BCUT2D eigenvalue weighted by Crippen LogP contribution is 2.38. The van der Waals surface area contributed by atoms with Gasteiger partial charge in [0.05, 0.1) is 5.56 Å². The molecule has 2 aromatic heterocycles. The van der Waals surface area contributed by atoms with Gasteiger partial charge >= 0.3 is 0 Å². The molecule has 9 heteroatoms. The van der Waals surface area contributed by atoms with Crippen LogP contribution in [0.2, 0.25) is 0 Å². The smallest absolute Gasteiger partial charge is 0.281 e. The van der Waals surface area contributed by atoms with Gasteiger partial charge in [0.15, 0.2) is 5.03 Å². The highest BCUT2D eigenvalue weighted by atomic mass is 32.2. The van der Waals surface area contributed by atoms with Crippen LogP contribution >= 0.6 is 0 Å². The number of hydrogen-bond acceptors (Lipinski definition) is 7. The molecule has 1 aromatic carbocycles. The molecule has 4 rings (SSSR count). The SMILES string of the molecule is CC1CCN(c2ncccc2C(=O)NS(=O)(=O)c2cccc(NCCCCc3ccccc3)n2)C1(C)C. The zero-order valence-corrected chi connectivity index (χ0v) is 22.5. The number of aromatic nitrogens is 2. The molecule has 0 spiro atoms. The number of sulfonamides is 1. The van der Waals surface area contributed by atoms with Gasteiger partial charge in [0.1, 0.15) is 11.6 Å². The van der Waals surface area contributed by atoms with Crippen molar-refractivity contribution in [3.05, 3.63) is 78.0 Å². The van der Waals surface area contributed by atoms with Gasteiger partial charge in [-0.3, -0.25) is 4.79 Å². The molecule has 1 atom stereocenters. The van der Waals surface area contributed by atoms with E-state index in [1.165, 1.54) is 11.6 Å². The van der Waals surface area contributed by atoms with Crippen LogP contribution in [0.25, 0.3) is 0 Å². The number of benzene rings is 1. The molecule has 0 radical (unpaired) electrons. The normalized spacial score (nSPS) is 16.9. The summed E-state index contributed by atoms with van der Waals surface area (Å²) in [4.78, 5) is 23.9. The topological polar surface area (TPSA) is 104 Å². The van der Waals surface area contributed by atoms with Crippen LogP contribution in [0.4, 0.5) is 11.6 Å². The lowest BCUT2D eigenvalue weighted by Gasteiger charge is -2.36. The van der Waals surface area contributed by atoms with Crippen LogP contribution in [0.15, 0.2) is 71.9 Å². The van der Waals surface area contributed by atoms with Crippen molar-refractivity contribution in [2.75, 3.05) is 23.3 Å². The van der Waals surface area contributed by atoms with Crippen LogP contribution in [-0.4, -0.2) is 42.9 Å². The van der Waals surface area contributed by atoms with Crippen molar-refractivity contribution in [2.24, 2.45) is 5.92 Å². The average molecular weight is 522 g/mol. The first-order chi connectivity index (χ1) is 17.7. The monoisotopic (exact) mass is 521 g/mol. The molecule has 1 unspecified atom stereocenters. The lowest BCUT2D eigenvalue weighted by atomic mass is 9.90. The summed E-state index contributed by atoms with van der Waals surface area (Å²) < 4.78 is 28.3. The predicted molar refractivity (Wildman–Crippen MR) is 146 cm³/mol. The fraction of sp³-hybridized carbons (Fsp3) is 0.393. The van der Waals surface area contributed by atoms with E-state index in [-0.39, 0.29) is 16.1 Å². The molecule has 8 nitrogen and oxygen atoms in total. The van der Waals surface area contributed by atoms with Gasteiger partial charge in [-0.25, -0.2) is 14.7 Å². The highest BCUT2D eigenvalue weighted by molar-refractivity contribution is 7.90. The third-order valence-electron chi connectivity index (χ3n) is 7.24. The number of nitrogens with zero attached hydrogens (tertiary/aromatic N) is 3. The molecule has 0 bridgehead atoms. The van der Waals surface area contributed by atoms with Crippen molar-refractivity contribution < 1.29 is 13.2 Å². The molecule has 37 heavy (non-hydrogen) atoms. The number of rotatable bonds is 10. The third kappa shape index (κ3) is 6.28. The minimum Gasteiger partial charge on any atom is -0.370 e. The van der Waals surface area contributed by atoms with Gasteiger partial charge in [-0.1, -0.05) is 43.3 Å². The largest absolute Gasteiger partial charge is 0.370 e. The second-order valence-electron chi connectivity index (χ2n) is 10.0. The zero-order valence-electron chi connectivity index (χ0n) is 21.6. The summed E-state index contributed by atoms with van der Waals surface area (Å²) in [7, 11) is -4.18. The van der Waals surface area contributed by atoms with Gasteiger partial charge in [0.2, 0.25) is 0 Å². The van der Waals surface area contributed by atoms with E-state index in [2.05, 4.69) is 57.8 Å². The Hall–Kier alpha value is -3.46. The lowest BCUT2D eigenvalue weighted by Crippen LogP contribution is -2.43. The molecule has 1 saturated heterocycles. The Balaban J connectivity index is 1.40. The summed E-state index contributed by atoms with van der Waals surface area (Å²) in [5, 5.41) is 2.97. The summed E-state index contributed by atoms with van der Waals surface area (Å²) >= 11 is 0. The van der Waals surface area contributed by atoms with E-state index in [9.17, 15) is 13.2 Å². The molecule has 1 aliphatic heterocycles. The van der Waals surface area contributed by atoms with Crippen LogP contribution in [0, 0.1) is 5.92 Å². The maximum absolute atomic E-state index is 13.1.